The fourth-order valence-corrected chi connectivity index (χ4v) is 3.63. The molecule has 116 valence electrons. The Morgan fingerprint density at radius 1 is 1.33 bits per heavy atom. The van der Waals surface area contributed by atoms with Gasteiger partial charge in [0.2, 0.25) is 0 Å². The zero-order chi connectivity index (χ0) is 14.7. The molecule has 0 saturated carbocycles. The minimum atomic E-state index is 0.264. The molecule has 2 aliphatic rings. The van der Waals surface area contributed by atoms with Crippen molar-refractivity contribution in [1.29, 1.82) is 0 Å². The van der Waals surface area contributed by atoms with Crippen LogP contribution >= 0.6 is 0 Å². The molecule has 1 aromatic rings. The molecule has 2 heterocycles. The van der Waals surface area contributed by atoms with E-state index in [2.05, 4.69) is 48.3 Å². The van der Waals surface area contributed by atoms with Gasteiger partial charge in [0.25, 0.3) is 0 Å². The van der Waals surface area contributed by atoms with Crippen molar-refractivity contribution in [2.75, 3.05) is 37.7 Å². The third-order valence-corrected chi connectivity index (χ3v) is 4.80. The molecule has 3 nitrogen and oxygen atoms in total. The van der Waals surface area contributed by atoms with Crippen LogP contribution in [-0.2, 0) is 11.2 Å². The van der Waals surface area contributed by atoms with Crippen molar-refractivity contribution in [1.82, 2.24) is 5.32 Å². The van der Waals surface area contributed by atoms with E-state index in [0.29, 0.717) is 6.04 Å². The lowest BCUT2D eigenvalue weighted by atomic mass is 9.81. The molecule has 2 aliphatic heterocycles. The molecule has 3 rings (SSSR count). The van der Waals surface area contributed by atoms with Crippen LogP contribution in [0.15, 0.2) is 24.3 Å². The van der Waals surface area contributed by atoms with E-state index in [4.69, 9.17) is 4.74 Å². The SMILES string of the molecule is CC(C)NCC1(CN2CCc3ccccc32)CCCOC1. The van der Waals surface area contributed by atoms with E-state index < -0.39 is 0 Å². The van der Waals surface area contributed by atoms with Crippen molar-refractivity contribution >= 4 is 5.69 Å². The molecule has 0 aromatic heterocycles. The van der Waals surface area contributed by atoms with Gasteiger partial charge in [-0.1, -0.05) is 32.0 Å². The first-order valence-electron chi connectivity index (χ1n) is 8.33. The maximum Gasteiger partial charge on any atom is 0.0551 e. The fraction of sp³-hybridized carbons (Fsp3) is 0.667. The molecule has 1 atom stereocenters. The molecule has 1 saturated heterocycles. The van der Waals surface area contributed by atoms with Gasteiger partial charge in [0.15, 0.2) is 0 Å². The Morgan fingerprint density at radius 3 is 2.95 bits per heavy atom. The topological polar surface area (TPSA) is 24.5 Å². The van der Waals surface area contributed by atoms with Gasteiger partial charge in [0.1, 0.15) is 0 Å². The number of ether oxygens (including phenoxy) is 1. The third kappa shape index (κ3) is 3.41. The summed E-state index contributed by atoms with van der Waals surface area (Å²) < 4.78 is 5.85. The number of anilines is 1. The third-order valence-electron chi connectivity index (χ3n) is 4.80. The van der Waals surface area contributed by atoms with Gasteiger partial charge in [-0.3, -0.25) is 0 Å². The largest absolute Gasteiger partial charge is 0.381 e. The minimum Gasteiger partial charge on any atom is -0.381 e. The lowest BCUT2D eigenvalue weighted by Crippen LogP contribution is -2.50. The van der Waals surface area contributed by atoms with E-state index in [-0.39, 0.29) is 5.41 Å². The molecule has 21 heavy (non-hydrogen) atoms. The molecule has 0 aliphatic carbocycles. The van der Waals surface area contributed by atoms with Crippen molar-refractivity contribution < 1.29 is 4.74 Å². The van der Waals surface area contributed by atoms with Gasteiger partial charge in [-0.15, -0.1) is 0 Å². The van der Waals surface area contributed by atoms with Gasteiger partial charge in [0, 0.05) is 43.4 Å². The highest BCUT2D eigenvalue weighted by Crippen LogP contribution is 2.35. The maximum absolute atomic E-state index is 5.85. The summed E-state index contributed by atoms with van der Waals surface area (Å²) in [6, 6.07) is 9.39. The zero-order valence-electron chi connectivity index (χ0n) is 13.4. The van der Waals surface area contributed by atoms with E-state index in [9.17, 15) is 0 Å². The van der Waals surface area contributed by atoms with Gasteiger partial charge in [-0.2, -0.15) is 0 Å². The number of benzene rings is 1. The lowest BCUT2D eigenvalue weighted by molar-refractivity contribution is -0.00390. The monoisotopic (exact) mass is 288 g/mol. The van der Waals surface area contributed by atoms with E-state index in [1.807, 2.05) is 0 Å². The number of nitrogens with one attached hydrogen (secondary N) is 1. The summed E-state index contributed by atoms with van der Waals surface area (Å²) in [7, 11) is 0. The lowest BCUT2D eigenvalue weighted by Gasteiger charge is -2.41. The van der Waals surface area contributed by atoms with E-state index in [0.717, 1.165) is 32.8 Å². The van der Waals surface area contributed by atoms with Crippen molar-refractivity contribution in [3.05, 3.63) is 29.8 Å². The number of para-hydroxylation sites is 1. The Balaban J connectivity index is 1.73. The van der Waals surface area contributed by atoms with Gasteiger partial charge in [-0.05, 0) is 30.9 Å². The summed E-state index contributed by atoms with van der Waals surface area (Å²) >= 11 is 0. The predicted octanol–water partition coefficient (Wildman–Crippen LogP) is 2.84. The molecular formula is C18H28N2O. The van der Waals surface area contributed by atoms with Gasteiger partial charge >= 0.3 is 0 Å². The van der Waals surface area contributed by atoms with E-state index in [1.165, 1.54) is 30.5 Å². The molecule has 1 fully saturated rings. The number of hydrogen-bond donors (Lipinski definition) is 1. The van der Waals surface area contributed by atoms with E-state index in [1.54, 1.807) is 0 Å². The molecule has 0 spiro atoms. The Kier molecular flexibility index (Phi) is 4.51. The molecule has 0 bridgehead atoms. The molecule has 0 amide bonds. The molecule has 1 unspecified atom stereocenters. The highest BCUT2D eigenvalue weighted by atomic mass is 16.5. The van der Waals surface area contributed by atoms with Gasteiger partial charge in [-0.25, -0.2) is 0 Å². The number of rotatable bonds is 5. The Labute approximate surface area is 128 Å². The second-order valence-electron chi connectivity index (χ2n) is 6.99. The molecule has 1 N–H and O–H groups in total. The first-order valence-corrected chi connectivity index (χ1v) is 8.33. The van der Waals surface area contributed by atoms with Crippen molar-refractivity contribution in [3.63, 3.8) is 0 Å². The Morgan fingerprint density at radius 2 is 2.19 bits per heavy atom. The van der Waals surface area contributed by atoms with Gasteiger partial charge in [0.05, 0.1) is 6.61 Å². The average Bonchev–Trinajstić information content (AvgIpc) is 2.90. The van der Waals surface area contributed by atoms with Crippen LogP contribution in [-0.4, -0.2) is 38.9 Å². The van der Waals surface area contributed by atoms with Crippen molar-refractivity contribution in [2.24, 2.45) is 5.41 Å². The van der Waals surface area contributed by atoms with Crippen LogP contribution < -0.4 is 10.2 Å². The smallest absolute Gasteiger partial charge is 0.0551 e. The molecular weight excluding hydrogens is 260 g/mol. The standard InChI is InChI=1S/C18H28N2O/c1-15(2)19-12-18(9-5-11-21-14-18)13-20-10-8-16-6-3-4-7-17(16)20/h3-4,6-7,15,19H,5,8-14H2,1-2H3. The summed E-state index contributed by atoms with van der Waals surface area (Å²) in [5.41, 5.74) is 3.20. The summed E-state index contributed by atoms with van der Waals surface area (Å²) in [5, 5.41) is 3.65. The first kappa shape index (κ1) is 14.9. The van der Waals surface area contributed by atoms with Crippen LogP contribution in [0.3, 0.4) is 0 Å². The second kappa shape index (κ2) is 6.37. The van der Waals surface area contributed by atoms with E-state index >= 15 is 0 Å². The zero-order valence-corrected chi connectivity index (χ0v) is 13.4. The summed E-state index contributed by atoms with van der Waals surface area (Å²) in [4.78, 5) is 2.58. The van der Waals surface area contributed by atoms with Crippen LogP contribution in [0, 0.1) is 5.41 Å². The Bertz CT molecular complexity index is 466. The maximum atomic E-state index is 5.85. The summed E-state index contributed by atoms with van der Waals surface area (Å²) in [6.07, 6.45) is 3.64. The summed E-state index contributed by atoms with van der Waals surface area (Å²) in [6.45, 7) is 9.60. The van der Waals surface area contributed by atoms with Crippen molar-refractivity contribution in [3.8, 4) is 0 Å². The number of hydrogen-bond acceptors (Lipinski definition) is 3. The fourth-order valence-electron chi connectivity index (χ4n) is 3.63. The van der Waals surface area contributed by atoms with Crippen LogP contribution in [0.5, 0.6) is 0 Å². The molecule has 3 heteroatoms. The van der Waals surface area contributed by atoms with Crippen LogP contribution in [0.25, 0.3) is 0 Å². The molecule has 1 aromatic carbocycles. The number of nitrogens with zero attached hydrogens (tertiary/aromatic N) is 1. The van der Waals surface area contributed by atoms with Crippen LogP contribution in [0.1, 0.15) is 32.3 Å². The van der Waals surface area contributed by atoms with Gasteiger partial charge < -0.3 is 15.0 Å². The highest BCUT2D eigenvalue weighted by molar-refractivity contribution is 5.58. The van der Waals surface area contributed by atoms with Crippen LogP contribution in [0.2, 0.25) is 0 Å². The summed E-state index contributed by atoms with van der Waals surface area (Å²) in [5.74, 6) is 0. The Hall–Kier alpha value is -1.06. The second-order valence-corrected chi connectivity index (χ2v) is 6.99. The van der Waals surface area contributed by atoms with Crippen molar-refractivity contribution in [2.45, 2.75) is 39.2 Å². The number of fused-ring (bicyclic) bond motifs is 1. The van der Waals surface area contributed by atoms with Crippen LogP contribution in [0.4, 0.5) is 5.69 Å². The predicted molar refractivity (Wildman–Crippen MR) is 88.0 cm³/mol. The average molecular weight is 288 g/mol. The normalized spacial score (nSPS) is 25.4. The minimum absolute atomic E-state index is 0.264. The molecule has 0 radical (unpaired) electrons. The highest BCUT2D eigenvalue weighted by Gasteiger charge is 2.36. The first-order chi connectivity index (χ1) is 10.2. The quantitative estimate of drug-likeness (QED) is 0.901.